The van der Waals surface area contributed by atoms with E-state index in [-0.39, 0.29) is 11.8 Å². The van der Waals surface area contributed by atoms with E-state index in [4.69, 9.17) is 5.26 Å². The van der Waals surface area contributed by atoms with E-state index in [9.17, 15) is 8.42 Å². The van der Waals surface area contributed by atoms with Gasteiger partial charge in [0.05, 0.1) is 23.1 Å². The van der Waals surface area contributed by atoms with Crippen LogP contribution in [0.5, 0.6) is 0 Å². The maximum Gasteiger partial charge on any atom is 0.151 e. The standard InChI is InChI=1S/C15H20N2O2S/c1-2-8-17(15-7-9-20(18,19)12-15)11-14-5-3-13(10-16)4-6-14/h3-6,15H,2,7-9,11-12H2,1H3/t15-/m0/s1. The summed E-state index contributed by atoms with van der Waals surface area (Å²) in [4.78, 5) is 2.26. The quantitative estimate of drug-likeness (QED) is 0.832. The normalized spacial score (nSPS) is 20.9. The summed E-state index contributed by atoms with van der Waals surface area (Å²) in [6, 6.07) is 9.76. The molecule has 1 heterocycles. The van der Waals surface area contributed by atoms with Gasteiger partial charge in [0, 0.05) is 12.6 Å². The van der Waals surface area contributed by atoms with E-state index in [0.717, 1.165) is 31.5 Å². The first-order chi connectivity index (χ1) is 9.54. The Morgan fingerprint density at radius 2 is 2.05 bits per heavy atom. The molecule has 1 saturated heterocycles. The molecule has 5 heteroatoms. The monoisotopic (exact) mass is 292 g/mol. The predicted octanol–water partition coefficient (Wildman–Crippen LogP) is 1.96. The van der Waals surface area contributed by atoms with Crippen molar-refractivity contribution in [2.45, 2.75) is 32.4 Å². The molecule has 0 saturated carbocycles. The zero-order chi connectivity index (χ0) is 14.6. The number of rotatable bonds is 5. The van der Waals surface area contributed by atoms with Crippen LogP contribution >= 0.6 is 0 Å². The minimum atomic E-state index is -2.85. The van der Waals surface area contributed by atoms with Gasteiger partial charge in [-0.15, -0.1) is 0 Å². The van der Waals surface area contributed by atoms with Gasteiger partial charge in [0.1, 0.15) is 0 Å². The topological polar surface area (TPSA) is 61.2 Å². The smallest absolute Gasteiger partial charge is 0.151 e. The number of nitriles is 1. The Morgan fingerprint density at radius 1 is 1.35 bits per heavy atom. The molecule has 1 atom stereocenters. The molecule has 0 bridgehead atoms. The highest BCUT2D eigenvalue weighted by Crippen LogP contribution is 2.20. The van der Waals surface area contributed by atoms with E-state index in [2.05, 4.69) is 17.9 Å². The van der Waals surface area contributed by atoms with E-state index >= 15 is 0 Å². The van der Waals surface area contributed by atoms with Crippen LogP contribution < -0.4 is 0 Å². The Morgan fingerprint density at radius 3 is 2.55 bits per heavy atom. The number of sulfone groups is 1. The van der Waals surface area contributed by atoms with Crippen molar-refractivity contribution in [1.29, 1.82) is 5.26 Å². The van der Waals surface area contributed by atoms with Gasteiger partial charge in [-0.1, -0.05) is 19.1 Å². The molecule has 1 aromatic rings. The highest BCUT2D eigenvalue weighted by molar-refractivity contribution is 7.91. The molecule has 20 heavy (non-hydrogen) atoms. The number of nitrogens with zero attached hydrogens (tertiary/aromatic N) is 2. The Bertz CT molecular complexity index is 587. The summed E-state index contributed by atoms with van der Waals surface area (Å²) in [5.41, 5.74) is 1.78. The van der Waals surface area contributed by atoms with Gasteiger partial charge in [0.15, 0.2) is 9.84 Å². The summed E-state index contributed by atoms with van der Waals surface area (Å²) in [6.07, 6.45) is 1.74. The van der Waals surface area contributed by atoms with Crippen LogP contribution in [0, 0.1) is 11.3 Å². The lowest BCUT2D eigenvalue weighted by molar-refractivity contribution is 0.204. The highest BCUT2D eigenvalue weighted by Gasteiger charge is 2.31. The van der Waals surface area contributed by atoms with Crippen molar-refractivity contribution in [3.05, 3.63) is 35.4 Å². The molecule has 1 aliphatic rings. The van der Waals surface area contributed by atoms with E-state index in [1.165, 1.54) is 0 Å². The minimum absolute atomic E-state index is 0.135. The molecule has 1 fully saturated rings. The molecule has 0 spiro atoms. The third-order valence-electron chi connectivity index (χ3n) is 3.70. The molecule has 2 rings (SSSR count). The van der Waals surface area contributed by atoms with Crippen molar-refractivity contribution in [3.63, 3.8) is 0 Å². The van der Waals surface area contributed by atoms with Crippen molar-refractivity contribution < 1.29 is 8.42 Å². The third-order valence-corrected chi connectivity index (χ3v) is 5.45. The fourth-order valence-corrected chi connectivity index (χ4v) is 4.42. The van der Waals surface area contributed by atoms with E-state index < -0.39 is 9.84 Å². The summed E-state index contributed by atoms with van der Waals surface area (Å²) in [5, 5.41) is 8.80. The molecule has 0 aliphatic carbocycles. The van der Waals surface area contributed by atoms with Crippen LogP contribution in [-0.4, -0.2) is 37.4 Å². The zero-order valence-electron chi connectivity index (χ0n) is 11.7. The first kappa shape index (κ1) is 15.0. The molecule has 4 nitrogen and oxygen atoms in total. The molecular formula is C15H20N2O2S. The molecular weight excluding hydrogens is 272 g/mol. The van der Waals surface area contributed by atoms with Crippen LogP contribution in [0.2, 0.25) is 0 Å². The van der Waals surface area contributed by atoms with Gasteiger partial charge < -0.3 is 0 Å². The molecule has 0 unspecified atom stereocenters. The summed E-state index contributed by atoms with van der Waals surface area (Å²) in [7, 11) is -2.85. The second kappa shape index (κ2) is 6.38. The number of hydrogen-bond acceptors (Lipinski definition) is 4. The van der Waals surface area contributed by atoms with Gasteiger partial charge in [-0.05, 0) is 37.1 Å². The van der Waals surface area contributed by atoms with Crippen LogP contribution in [0.15, 0.2) is 24.3 Å². The lowest BCUT2D eigenvalue weighted by Gasteiger charge is -2.27. The van der Waals surface area contributed by atoms with Gasteiger partial charge in [0.2, 0.25) is 0 Å². The maximum atomic E-state index is 11.6. The van der Waals surface area contributed by atoms with Crippen molar-refractivity contribution in [2.24, 2.45) is 0 Å². The maximum absolute atomic E-state index is 11.6. The van der Waals surface area contributed by atoms with E-state index in [1.54, 1.807) is 0 Å². The molecule has 0 N–H and O–H groups in total. The summed E-state index contributed by atoms with van der Waals surface area (Å²) < 4.78 is 23.2. The second-order valence-electron chi connectivity index (χ2n) is 5.34. The Labute approximate surface area is 120 Å². The lowest BCUT2D eigenvalue weighted by atomic mass is 10.1. The Kier molecular flexibility index (Phi) is 4.79. The Balaban J connectivity index is 2.07. The predicted molar refractivity (Wildman–Crippen MR) is 78.9 cm³/mol. The first-order valence-corrected chi connectivity index (χ1v) is 8.79. The van der Waals surface area contributed by atoms with Crippen molar-refractivity contribution >= 4 is 9.84 Å². The van der Waals surface area contributed by atoms with Gasteiger partial charge in [-0.2, -0.15) is 5.26 Å². The van der Waals surface area contributed by atoms with Crippen LogP contribution in [-0.2, 0) is 16.4 Å². The third kappa shape index (κ3) is 3.81. The fourth-order valence-electron chi connectivity index (χ4n) is 2.66. The molecule has 1 aliphatic heterocycles. The number of hydrogen-bond donors (Lipinski definition) is 0. The summed E-state index contributed by atoms with van der Waals surface area (Å²) >= 11 is 0. The van der Waals surface area contributed by atoms with Gasteiger partial charge >= 0.3 is 0 Å². The second-order valence-corrected chi connectivity index (χ2v) is 7.56. The minimum Gasteiger partial charge on any atom is -0.295 e. The van der Waals surface area contributed by atoms with Crippen molar-refractivity contribution in [2.75, 3.05) is 18.1 Å². The van der Waals surface area contributed by atoms with Crippen LogP contribution in [0.3, 0.4) is 0 Å². The van der Waals surface area contributed by atoms with Gasteiger partial charge in [-0.25, -0.2) is 8.42 Å². The highest BCUT2D eigenvalue weighted by atomic mass is 32.2. The van der Waals surface area contributed by atoms with Crippen LogP contribution in [0.25, 0.3) is 0 Å². The van der Waals surface area contributed by atoms with Gasteiger partial charge in [-0.3, -0.25) is 4.90 Å². The molecule has 108 valence electrons. The lowest BCUT2D eigenvalue weighted by Crippen LogP contribution is -2.36. The zero-order valence-corrected chi connectivity index (χ0v) is 12.6. The average molecular weight is 292 g/mol. The number of benzene rings is 1. The van der Waals surface area contributed by atoms with Crippen molar-refractivity contribution in [3.8, 4) is 6.07 Å². The largest absolute Gasteiger partial charge is 0.295 e. The fraction of sp³-hybridized carbons (Fsp3) is 0.533. The average Bonchev–Trinajstić information content (AvgIpc) is 2.79. The van der Waals surface area contributed by atoms with E-state index in [0.29, 0.717) is 11.3 Å². The molecule has 1 aromatic carbocycles. The van der Waals surface area contributed by atoms with Gasteiger partial charge in [0.25, 0.3) is 0 Å². The first-order valence-electron chi connectivity index (χ1n) is 6.97. The Hall–Kier alpha value is -1.38. The van der Waals surface area contributed by atoms with Crippen LogP contribution in [0.1, 0.15) is 30.9 Å². The molecule has 0 aromatic heterocycles. The van der Waals surface area contributed by atoms with Crippen molar-refractivity contribution in [1.82, 2.24) is 4.90 Å². The SMILES string of the molecule is CCCN(Cc1ccc(C#N)cc1)[C@H]1CCS(=O)(=O)C1. The van der Waals surface area contributed by atoms with Crippen LogP contribution in [0.4, 0.5) is 0 Å². The summed E-state index contributed by atoms with van der Waals surface area (Å²) in [5.74, 6) is 0.592. The molecule has 0 amide bonds. The summed E-state index contributed by atoms with van der Waals surface area (Å²) in [6.45, 7) is 3.76. The van der Waals surface area contributed by atoms with E-state index in [1.807, 2.05) is 24.3 Å². The molecule has 0 radical (unpaired) electrons.